The minimum Gasteiger partial charge on any atom is -0.423 e. The van der Waals surface area contributed by atoms with E-state index < -0.39 is 7.12 Å². The molecule has 1 aromatic rings. The van der Waals surface area contributed by atoms with Crippen LogP contribution in [0.2, 0.25) is 0 Å². The van der Waals surface area contributed by atoms with Gasteiger partial charge in [-0.2, -0.15) is 0 Å². The maximum atomic E-state index is 9.43. The van der Waals surface area contributed by atoms with E-state index in [-0.39, 0.29) is 0 Å². The Bertz CT molecular complexity index is 417. The van der Waals surface area contributed by atoms with E-state index in [2.05, 4.69) is 18.9 Å². The summed E-state index contributed by atoms with van der Waals surface area (Å²) in [6.07, 6.45) is 6.49. The number of rotatable bonds is 5. The fourth-order valence-corrected chi connectivity index (χ4v) is 3.32. The van der Waals surface area contributed by atoms with E-state index in [0.29, 0.717) is 11.5 Å². The zero-order chi connectivity index (χ0) is 14.5. The Hall–Kier alpha value is -0.835. The van der Waals surface area contributed by atoms with E-state index in [1.165, 1.54) is 32.1 Å². The highest BCUT2D eigenvalue weighted by atomic mass is 16.4. The van der Waals surface area contributed by atoms with E-state index in [9.17, 15) is 10.0 Å². The van der Waals surface area contributed by atoms with Crippen LogP contribution in [0.25, 0.3) is 0 Å². The zero-order valence-corrected chi connectivity index (χ0v) is 12.6. The third kappa shape index (κ3) is 3.84. The van der Waals surface area contributed by atoms with Gasteiger partial charge in [-0.3, -0.25) is 4.90 Å². The number of hydrogen-bond donors (Lipinski definition) is 2. The molecule has 0 amide bonds. The van der Waals surface area contributed by atoms with Gasteiger partial charge in [0.1, 0.15) is 0 Å². The van der Waals surface area contributed by atoms with E-state index in [0.717, 1.165) is 18.0 Å². The van der Waals surface area contributed by atoms with Gasteiger partial charge in [-0.15, -0.1) is 0 Å². The highest BCUT2D eigenvalue weighted by Crippen LogP contribution is 2.29. The van der Waals surface area contributed by atoms with Crippen LogP contribution < -0.4 is 5.46 Å². The van der Waals surface area contributed by atoms with Crippen LogP contribution in [-0.2, 0) is 6.54 Å². The summed E-state index contributed by atoms with van der Waals surface area (Å²) in [4.78, 5) is 2.37. The Labute approximate surface area is 122 Å². The van der Waals surface area contributed by atoms with Crippen LogP contribution in [0.1, 0.15) is 44.6 Å². The summed E-state index contributed by atoms with van der Waals surface area (Å²) in [5, 5.41) is 18.9. The Morgan fingerprint density at radius 3 is 2.40 bits per heavy atom. The van der Waals surface area contributed by atoms with E-state index in [1.807, 2.05) is 18.2 Å². The van der Waals surface area contributed by atoms with Crippen molar-refractivity contribution >= 4 is 12.6 Å². The van der Waals surface area contributed by atoms with Gasteiger partial charge < -0.3 is 10.0 Å². The number of benzene rings is 1. The smallest absolute Gasteiger partial charge is 0.423 e. The average Bonchev–Trinajstić information content (AvgIpc) is 2.47. The molecule has 2 N–H and O–H groups in total. The van der Waals surface area contributed by atoms with Crippen molar-refractivity contribution in [2.24, 2.45) is 5.92 Å². The molecular weight excluding hydrogens is 249 g/mol. The van der Waals surface area contributed by atoms with Crippen LogP contribution in [0.3, 0.4) is 0 Å². The lowest BCUT2D eigenvalue weighted by Crippen LogP contribution is -2.39. The van der Waals surface area contributed by atoms with Crippen molar-refractivity contribution in [2.45, 2.75) is 51.6 Å². The van der Waals surface area contributed by atoms with Gasteiger partial charge in [0.05, 0.1) is 0 Å². The summed E-state index contributed by atoms with van der Waals surface area (Å²) in [7, 11) is 0.771. The predicted octanol–water partition coefficient (Wildman–Crippen LogP) is 1.77. The fourth-order valence-electron chi connectivity index (χ4n) is 3.32. The zero-order valence-electron chi connectivity index (χ0n) is 12.6. The molecule has 0 atom stereocenters. The van der Waals surface area contributed by atoms with Crippen molar-refractivity contribution in [2.75, 3.05) is 7.05 Å². The number of nitrogens with zero attached hydrogens (tertiary/aromatic N) is 1. The first kappa shape index (κ1) is 15.6. The summed E-state index contributed by atoms with van der Waals surface area (Å²) in [5.41, 5.74) is 1.64. The summed E-state index contributed by atoms with van der Waals surface area (Å²) in [5.74, 6) is 0.909. The molecule has 0 heterocycles. The monoisotopic (exact) mass is 275 g/mol. The largest absolute Gasteiger partial charge is 0.488 e. The molecule has 0 bridgehead atoms. The molecule has 2 rings (SSSR count). The van der Waals surface area contributed by atoms with Crippen LogP contribution >= 0.6 is 0 Å². The Kier molecular flexibility index (Phi) is 5.64. The maximum Gasteiger partial charge on any atom is 0.488 e. The SMILES string of the molecule is CCC1CCC(N(C)Cc2ccccc2B(O)O)CC1. The maximum absolute atomic E-state index is 9.43. The van der Waals surface area contributed by atoms with Crippen LogP contribution in [0.5, 0.6) is 0 Å². The van der Waals surface area contributed by atoms with Gasteiger partial charge >= 0.3 is 7.12 Å². The van der Waals surface area contributed by atoms with Gasteiger partial charge in [-0.25, -0.2) is 0 Å². The second kappa shape index (κ2) is 7.25. The molecule has 1 fully saturated rings. The molecule has 0 aromatic heterocycles. The first-order chi connectivity index (χ1) is 9.61. The van der Waals surface area contributed by atoms with Crippen LogP contribution in [0.15, 0.2) is 24.3 Å². The summed E-state index contributed by atoms with van der Waals surface area (Å²) < 4.78 is 0. The Morgan fingerprint density at radius 2 is 1.80 bits per heavy atom. The van der Waals surface area contributed by atoms with E-state index >= 15 is 0 Å². The molecule has 0 spiro atoms. The van der Waals surface area contributed by atoms with E-state index in [1.54, 1.807) is 6.07 Å². The quantitative estimate of drug-likeness (QED) is 0.805. The molecule has 1 aliphatic rings. The first-order valence-corrected chi connectivity index (χ1v) is 7.76. The minimum absolute atomic E-state index is 0.626. The molecule has 1 saturated carbocycles. The summed E-state index contributed by atoms with van der Waals surface area (Å²) in [6, 6.07) is 8.22. The lowest BCUT2D eigenvalue weighted by Gasteiger charge is -2.34. The Balaban J connectivity index is 1.96. The molecule has 0 aliphatic heterocycles. The van der Waals surface area contributed by atoms with Crippen molar-refractivity contribution in [1.29, 1.82) is 0 Å². The van der Waals surface area contributed by atoms with E-state index in [4.69, 9.17) is 0 Å². The predicted molar refractivity (Wildman–Crippen MR) is 83.8 cm³/mol. The van der Waals surface area contributed by atoms with Gasteiger partial charge in [0, 0.05) is 12.6 Å². The molecule has 1 aliphatic carbocycles. The fraction of sp³-hybridized carbons (Fsp3) is 0.625. The molecular formula is C16H26BNO2. The third-order valence-corrected chi connectivity index (χ3v) is 4.77. The summed E-state index contributed by atoms with van der Waals surface area (Å²) in [6.45, 7) is 3.07. The molecule has 20 heavy (non-hydrogen) atoms. The molecule has 4 heteroatoms. The molecule has 0 saturated heterocycles. The van der Waals surface area contributed by atoms with Crippen molar-refractivity contribution in [3.05, 3.63) is 29.8 Å². The second-order valence-corrected chi connectivity index (χ2v) is 6.07. The third-order valence-electron chi connectivity index (χ3n) is 4.77. The van der Waals surface area contributed by atoms with Gasteiger partial charge in [0.2, 0.25) is 0 Å². The van der Waals surface area contributed by atoms with Crippen LogP contribution in [0, 0.1) is 5.92 Å². The molecule has 1 aromatic carbocycles. The lowest BCUT2D eigenvalue weighted by molar-refractivity contribution is 0.157. The molecule has 0 unspecified atom stereocenters. The highest BCUT2D eigenvalue weighted by molar-refractivity contribution is 6.59. The standard InChI is InChI=1S/C16H26BNO2/c1-3-13-8-10-15(11-9-13)18(2)12-14-6-4-5-7-16(14)17(19)20/h4-7,13,15,19-20H,3,8-12H2,1-2H3. The molecule has 0 radical (unpaired) electrons. The van der Waals surface area contributed by atoms with Gasteiger partial charge in [0.15, 0.2) is 0 Å². The molecule has 110 valence electrons. The lowest BCUT2D eigenvalue weighted by atomic mass is 9.76. The van der Waals surface area contributed by atoms with Crippen molar-refractivity contribution in [3.63, 3.8) is 0 Å². The van der Waals surface area contributed by atoms with Crippen molar-refractivity contribution in [3.8, 4) is 0 Å². The summed E-state index contributed by atoms with van der Waals surface area (Å²) >= 11 is 0. The second-order valence-electron chi connectivity index (χ2n) is 6.07. The Morgan fingerprint density at radius 1 is 1.15 bits per heavy atom. The van der Waals surface area contributed by atoms with Gasteiger partial charge in [0.25, 0.3) is 0 Å². The van der Waals surface area contributed by atoms with Gasteiger partial charge in [-0.05, 0) is 49.7 Å². The van der Waals surface area contributed by atoms with Crippen molar-refractivity contribution < 1.29 is 10.0 Å². The van der Waals surface area contributed by atoms with Crippen LogP contribution in [-0.4, -0.2) is 35.2 Å². The average molecular weight is 275 g/mol. The number of hydrogen-bond acceptors (Lipinski definition) is 3. The van der Waals surface area contributed by atoms with Gasteiger partial charge in [-0.1, -0.05) is 37.6 Å². The first-order valence-electron chi connectivity index (χ1n) is 7.76. The van der Waals surface area contributed by atoms with Crippen molar-refractivity contribution in [1.82, 2.24) is 4.90 Å². The topological polar surface area (TPSA) is 43.7 Å². The normalized spacial score (nSPS) is 23.1. The van der Waals surface area contributed by atoms with Crippen LogP contribution in [0.4, 0.5) is 0 Å². The molecule has 3 nitrogen and oxygen atoms in total. The highest BCUT2D eigenvalue weighted by Gasteiger charge is 2.24. The minimum atomic E-state index is -1.38.